The van der Waals surface area contributed by atoms with Crippen molar-refractivity contribution in [3.05, 3.63) is 17.5 Å². The Morgan fingerprint density at radius 3 is 2.70 bits per heavy atom. The zero-order valence-corrected chi connectivity index (χ0v) is 13.4. The lowest BCUT2D eigenvalue weighted by atomic mass is 10.0. The lowest BCUT2D eigenvalue weighted by Gasteiger charge is -2.16. The molecule has 2 heterocycles. The quantitative estimate of drug-likeness (QED) is 0.889. The Labute approximate surface area is 136 Å². The summed E-state index contributed by atoms with van der Waals surface area (Å²) in [5.74, 6) is 0.898. The minimum Gasteiger partial charge on any atom is -0.351 e. The molecule has 0 aromatic carbocycles. The Kier molecular flexibility index (Phi) is 3.83. The molecule has 1 saturated heterocycles. The highest BCUT2D eigenvalue weighted by Crippen LogP contribution is 2.33. The first-order valence-corrected chi connectivity index (χ1v) is 8.85. The highest BCUT2D eigenvalue weighted by molar-refractivity contribution is 5.92. The monoisotopic (exact) mass is 316 g/mol. The summed E-state index contributed by atoms with van der Waals surface area (Å²) in [6.45, 7) is 1.29. The van der Waals surface area contributed by atoms with Crippen LogP contribution in [0.3, 0.4) is 0 Å². The van der Waals surface area contributed by atoms with Gasteiger partial charge in [-0.05, 0) is 38.2 Å². The second-order valence-electron chi connectivity index (χ2n) is 7.21. The first-order valence-electron chi connectivity index (χ1n) is 8.85. The van der Waals surface area contributed by atoms with Crippen molar-refractivity contribution in [3.63, 3.8) is 0 Å². The van der Waals surface area contributed by atoms with Crippen LogP contribution in [0.5, 0.6) is 0 Å². The molecular weight excluding hydrogens is 292 g/mol. The fourth-order valence-corrected chi connectivity index (χ4v) is 3.78. The molecule has 1 unspecified atom stereocenters. The van der Waals surface area contributed by atoms with Gasteiger partial charge in [0.25, 0.3) is 5.91 Å². The lowest BCUT2D eigenvalue weighted by Crippen LogP contribution is -2.39. The molecular formula is C17H24N4O2. The van der Waals surface area contributed by atoms with E-state index in [0.717, 1.165) is 25.0 Å². The van der Waals surface area contributed by atoms with Gasteiger partial charge in [0, 0.05) is 36.7 Å². The van der Waals surface area contributed by atoms with E-state index in [0.29, 0.717) is 24.7 Å². The number of likely N-dealkylation sites (tertiary alicyclic amines) is 1. The molecule has 1 aliphatic heterocycles. The Bertz CT molecular complexity index is 601. The summed E-state index contributed by atoms with van der Waals surface area (Å²) in [7, 11) is 0. The average molecular weight is 316 g/mol. The maximum Gasteiger partial charge on any atom is 0.274 e. The Balaban J connectivity index is 1.34. The van der Waals surface area contributed by atoms with Crippen LogP contribution in [-0.2, 0) is 4.79 Å². The Morgan fingerprint density at radius 1 is 1.17 bits per heavy atom. The fraction of sp³-hybridized carbons (Fsp3) is 0.706. The van der Waals surface area contributed by atoms with Crippen molar-refractivity contribution in [2.45, 2.75) is 56.9 Å². The van der Waals surface area contributed by atoms with Crippen molar-refractivity contribution in [2.75, 3.05) is 13.1 Å². The number of nitrogens with zero attached hydrogens (tertiary/aromatic N) is 2. The van der Waals surface area contributed by atoms with Crippen LogP contribution in [0.2, 0.25) is 0 Å². The van der Waals surface area contributed by atoms with Crippen LogP contribution in [0, 0.1) is 5.92 Å². The minimum atomic E-state index is -0.0198. The third kappa shape index (κ3) is 3.12. The second-order valence-corrected chi connectivity index (χ2v) is 7.21. The number of nitrogens with one attached hydrogen (secondary N) is 2. The molecule has 0 radical (unpaired) electrons. The molecule has 2 N–H and O–H groups in total. The van der Waals surface area contributed by atoms with Crippen molar-refractivity contribution >= 4 is 11.8 Å². The number of H-pyrrole nitrogens is 1. The number of hydrogen-bond acceptors (Lipinski definition) is 3. The zero-order valence-electron chi connectivity index (χ0n) is 13.4. The van der Waals surface area contributed by atoms with Crippen molar-refractivity contribution in [1.29, 1.82) is 0 Å². The largest absolute Gasteiger partial charge is 0.351 e. The Hall–Kier alpha value is -1.85. The standard InChI is InChI=1S/C17H24N4O2/c22-16(12-5-6-12)18-13-7-8-21(10-13)17(23)15-9-14(19-20-15)11-3-1-2-4-11/h9,11-13H,1-8,10H2,(H,18,22)(H,19,20). The van der Waals surface area contributed by atoms with Crippen LogP contribution in [0.1, 0.15) is 67.0 Å². The van der Waals surface area contributed by atoms with Crippen LogP contribution in [0.15, 0.2) is 6.07 Å². The number of aromatic amines is 1. The summed E-state index contributed by atoms with van der Waals surface area (Å²) in [6.07, 6.45) is 7.77. The lowest BCUT2D eigenvalue weighted by molar-refractivity contribution is -0.122. The molecule has 4 rings (SSSR count). The van der Waals surface area contributed by atoms with Gasteiger partial charge < -0.3 is 10.2 Å². The average Bonchev–Trinajstić information content (AvgIpc) is 3.00. The van der Waals surface area contributed by atoms with Gasteiger partial charge in [-0.25, -0.2) is 0 Å². The van der Waals surface area contributed by atoms with Gasteiger partial charge in [0.05, 0.1) is 0 Å². The molecule has 1 atom stereocenters. The van der Waals surface area contributed by atoms with Gasteiger partial charge in [0.1, 0.15) is 5.69 Å². The van der Waals surface area contributed by atoms with Crippen LogP contribution in [0.4, 0.5) is 0 Å². The van der Waals surface area contributed by atoms with E-state index in [1.54, 1.807) is 0 Å². The highest BCUT2D eigenvalue weighted by Gasteiger charge is 2.34. The van der Waals surface area contributed by atoms with Gasteiger partial charge in [0.15, 0.2) is 0 Å². The molecule has 6 heteroatoms. The van der Waals surface area contributed by atoms with Crippen molar-refractivity contribution in [3.8, 4) is 0 Å². The number of amides is 2. The molecule has 2 aliphatic carbocycles. The maximum absolute atomic E-state index is 12.6. The summed E-state index contributed by atoms with van der Waals surface area (Å²) >= 11 is 0. The third-order valence-corrected chi connectivity index (χ3v) is 5.38. The van der Waals surface area contributed by atoms with Crippen molar-refractivity contribution in [2.24, 2.45) is 5.92 Å². The molecule has 2 saturated carbocycles. The van der Waals surface area contributed by atoms with Crippen LogP contribution in [-0.4, -0.2) is 46.0 Å². The van der Waals surface area contributed by atoms with Crippen molar-refractivity contribution in [1.82, 2.24) is 20.4 Å². The first-order chi connectivity index (χ1) is 11.2. The minimum absolute atomic E-state index is 0.0198. The van der Waals surface area contributed by atoms with Crippen LogP contribution >= 0.6 is 0 Å². The summed E-state index contributed by atoms with van der Waals surface area (Å²) in [5, 5.41) is 10.3. The molecule has 1 aromatic rings. The van der Waals surface area contributed by atoms with E-state index in [1.165, 1.54) is 25.7 Å². The SMILES string of the molecule is O=C(NC1CCN(C(=O)c2cc(C3CCCC3)[nH]n2)C1)C1CC1. The third-order valence-electron chi connectivity index (χ3n) is 5.38. The molecule has 0 bridgehead atoms. The molecule has 0 spiro atoms. The number of carbonyl (C=O) groups excluding carboxylic acids is 2. The predicted molar refractivity (Wildman–Crippen MR) is 85.0 cm³/mol. The topological polar surface area (TPSA) is 78.1 Å². The van der Waals surface area contributed by atoms with Crippen LogP contribution in [0.25, 0.3) is 0 Å². The van der Waals surface area contributed by atoms with Crippen LogP contribution < -0.4 is 5.32 Å². The highest BCUT2D eigenvalue weighted by atomic mass is 16.2. The summed E-state index contributed by atoms with van der Waals surface area (Å²) in [5.41, 5.74) is 1.62. The van der Waals surface area contributed by atoms with E-state index in [9.17, 15) is 9.59 Å². The van der Waals surface area contributed by atoms with Gasteiger partial charge in [-0.15, -0.1) is 0 Å². The van der Waals surface area contributed by atoms with Gasteiger partial charge in [-0.2, -0.15) is 5.10 Å². The Morgan fingerprint density at radius 2 is 1.96 bits per heavy atom. The fourth-order valence-electron chi connectivity index (χ4n) is 3.78. The number of hydrogen-bond donors (Lipinski definition) is 2. The summed E-state index contributed by atoms with van der Waals surface area (Å²) in [4.78, 5) is 26.2. The van der Waals surface area contributed by atoms with E-state index < -0.39 is 0 Å². The number of rotatable bonds is 4. The molecule has 6 nitrogen and oxygen atoms in total. The number of carbonyl (C=O) groups is 2. The normalized spacial score (nSPS) is 25.0. The predicted octanol–water partition coefficient (Wildman–Crippen LogP) is 1.81. The van der Waals surface area contributed by atoms with Gasteiger partial charge in [-0.1, -0.05) is 12.8 Å². The van der Waals surface area contributed by atoms with Gasteiger partial charge in [-0.3, -0.25) is 14.7 Å². The van der Waals surface area contributed by atoms with E-state index in [4.69, 9.17) is 0 Å². The van der Waals surface area contributed by atoms with E-state index >= 15 is 0 Å². The maximum atomic E-state index is 12.6. The van der Waals surface area contributed by atoms with Gasteiger partial charge in [0.2, 0.25) is 5.91 Å². The van der Waals surface area contributed by atoms with E-state index in [1.807, 2.05) is 11.0 Å². The molecule has 2 amide bonds. The second kappa shape index (κ2) is 5.98. The molecule has 124 valence electrons. The smallest absolute Gasteiger partial charge is 0.274 e. The molecule has 3 aliphatic rings. The zero-order chi connectivity index (χ0) is 15.8. The summed E-state index contributed by atoms with van der Waals surface area (Å²) < 4.78 is 0. The van der Waals surface area contributed by atoms with Gasteiger partial charge >= 0.3 is 0 Å². The first kappa shape index (κ1) is 14.7. The molecule has 1 aromatic heterocycles. The molecule has 23 heavy (non-hydrogen) atoms. The summed E-state index contributed by atoms with van der Waals surface area (Å²) in [6, 6.07) is 2.02. The molecule has 3 fully saturated rings. The van der Waals surface area contributed by atoms with E-state index in [2.05, 4.69) is 15.5 Å². The van der Waals surface area contributed by atoms with E-state index in [-0.39, 0.29) is 23.8 Å². The number of aromatic nitrogens is 2. The van der Waals surface area contributed by atoms with Crippen molar-refractivity contribution < 1.29 is 9.59 Å².